The summed E-state index contributed by atoms with van der Waals surface area (Å²) in [5.74, 6) is 0.103. The summed E-state index contributed by atoms with van der Waals surface area (Å²) in [6.07, 6.45) is 8.28. The lowest BCUT2D eigenvalue weighted by atomic mass is 10.1. The molecule has 3 nitrogen and oxygen atoms in total. The van der Waals surface area contributed by atoms with E-state index in [-0.39, 0.29) is 5.91 Å². The van der Waals surface area contributed by atoms with Crippen molar-refractivity contribution in [2.45, 2.75) is 56.5 Å². The highest BCUT2D eigenvalue weighted by molar-refractivity contribution is 5.89. The summed E-state index contributed by atoms with van der Waals surface area (Å²) >= 11 is 0. The van der Waals surface area contributed by atoms with Gasteiger partial charge in [-0.05, 0) is 37.5 Å². The van der Waals surface area contributed by atoms with E-state index in [1.807, 2.05) is 0 Å². The Balaban J connectivity index is 1.57. The minimum Gasteiger partial charge on any atom is -0.351 e. The molecule has 3 N–H and O–H groups in total. The van der Waals surface area contributed by atoms with Crippen molar-refractivity contribution in [1.29, 1.82) is 0 Å². The van der Waals surface area contributed by atoms with E-state index in [9.17, 15) is 4.79 Å². The minimum absolute atomic E-state index is 0.103. The first-order valence-electron chi connectivity index (χ1n) is 5.75. The summed E-state index contributed by atoms with van der Waals surface area (Å²) < 4.78 is 0. The van der Waals surface area contributed by atoms with Crippen LogP contribution in [0.15, 0.2) is 0 Å². The smallest absolute Gasteiger partial charge is 0.240 e. The molecule has 0 bridgehead atoms. The molecule has 3 saturated carbocycles. The van der Waals surface area contributed by atoms with E-state index in [0.717, 1.165) is 12.8 Å². The summed E-state index contributed by atoms with van der Waals surface area (Å²) in [6.45, 7) is 0. The molecule has 1 unspecified atom stereocenters. The predicted octanol–water partition coefficient (Wildman–Crippen LogP) is 0.927. The number of hydrogen-bond acceptors (Lipinski definition) is 2. The van der Waals surface area contributed by atoms with Gasteiger partial charge in [0.15, 0.2) is 0 Å². The van der Waals surface area contributed by atoms with Crippen LogP contribution in [0.3, 0.4) is 0 Å². The van der Waals surface area contributed by atoms with Gasteiger partial charge in [-0.25, -0.2) is 0 Å². The molecule has 0 aromatic rings. The van der Waals surface area contributed by atoms with Crippen LogP contribution in [-0.2, 0) is 4.79 Å². The minimum atomic E-state index is -0.484. The first-order valence-corrected chi connectivity index (χ1v) is 5.75. The van der Waals surface area contributed by atoms with E-state index in [4.69, 9.17) is 5.73 Å². The topological polar surface area (TPSA) is 55.1 Å². The average molecular weight is 194 g/mol. The summed E-state index contributed by atoms with van der Waals surface area (Å²) in [7, 11) is 0. The number of nitrogens with two attached hydrogens (primary N) is 1. The van der Waals surface area contributed by atoms with Crippen molar-refractivity contribution in [2.24, 2.45) is 11.1 Å². The van der Waals surface area contributed by atoms with Crippen LogP contribution in [0.25, 0.3) is 0 Å². The van der Waals surface area contributed by atoms with Crippen molar-refractivity contribution in [3.8, 4) is 0 Å². The molecule has 1 atom stereocenters. The van der Waals surface area contributed by atoms with Crippen molar-refractivity contribution >= 4 is 5.91 Å². The lowest BCUT2D eigenvalue weighted by molar-refractivity contribution is -0.123. The zero-order valence-electron chi connectivity index (χ0n) is 8.51. The number of carbonyl (C=O) groups excluding carboxylic acids is 1. The number of carbonyl (C=O) groups is 1. The quantitative estimate of drug-likeness (QED) is 0.687. The fourth-order valence-corrected chi connectivity index (χ4v) is 2.85. The summed E-state index contributed by atoms with van der Waals surface area (Å²) in [4.78, 5) is 11.7. The number of rotatable bonds is 2. The molecule has 3 heteroatoms. The predicted molar refractivity (Wildman–Crippen MR) is 53.6 cm³/mol. The maximum Gasteiger partial charge on any atom is 0.240 e. The number of amides is 1. The molecule has 0 aromatic heterocycles. The second kappa shape index (κ2) is 2.51. The molecule has 1 amide bonds. The van der Waals surface area contributed by atoms with Gasteiger partial charge in [0, 0.05) is 6.04 Å². The van der Waals surface area contributed by atoms with Gasteiger partial charge in [-0.1, -0.05) is 12.8 Å². The molecule has 0 aromatic carbocycles. The molecule has 14 heavy (non-hydrogen) atoms. The number of nitrogens with one attached hydrogen (secondary N) is 1. The van der Waals surface area contributed by atoms with E-state index in [1.165, 1.54) is 32.1 Å². The molecule has 3 rings (SSSR count). The van der Waals surface area contributed by atoms with E-state index in [2.05, 4.69) is 5.32 Å². The highest BCUT2D eigenvalue weighted by Gasteiger charge is 2.57. The summed E-state index contributed by atoms with van der Waals surface area (Å²) in [5, 5.41) is 3.13. The van der Waals surface area contributed by atoms with Crippen LogP contribution < -0.4 is 11.1 Å². The molecule has 3 aliphatic carbocycles. The molecule has 1 spiro atoms. The lowest BCUT2D eigenvalue weighted by Crippen LogP contribution is -2.44. The average Bonchev–Trinajstić information content (AvgIpc) is 2.95. The van der Waals surface area contributed by atoms with Crippen LogP contribution in [0, 0.1) is 5.41 Å². The Morgan fingerprint density at radius 2 is 1.86 bits per heavy atom. The van der Waals surface area contributed by atoms with Gasteiger partial charge in [0.25, 0.3) is 0 Å². The first kappa shape index (κ1) is 8.72. The van der Waals surface area contributed by atoms with Crippen LogP contribution in [0.1, 0.15) is 44.9 Å². The highest BCUT2D eigenvalue weighted by Crippen LogP contribution is 2.58. The fourth-order valence-electron chi connectivity index (χ4n) is 2.85. The SMILES string of the molecule is NC1(C(=O)NC2CC23CCCC3)CC1. The highest BCUT2D eigenvalue weighted by atomic mass is 16.2. The molecule has 0 radical (unpaired) electrons. The Hall–Kier alpha value is -0.570. The second-order valence-electron chi connectivity index (χ2n) is 5.46. The van der Waals surface area contributed by atoms with Crippen LogP contribution in [0.2, 0.25) is 0 Å². The van der Waals surface area contributed by atoms with E-state index in [1.54, 1.807) is 0 Å². The summed E-state index contributed by atoms with van der Waals surface area (Å²) in [5.41, 5.74) is 5.86. The normalized spacial score (nSPS) is 35.6. The molecule has 78 valence electrons. The van der Waals surface area contributed by atoms with E-state index >= 15 is 0 Å². The third-order valence-corrected chi connectivity index (χ3v) is 4.34. The third kappa shape index (κ3) is 1.18. The van der Waals surface area contributed by atoms with Crippen molar-refractivity contribution in [3.05, 3.63) is 0 Å². The third-order valence-electron chi connectivity index (χ3n) is 4.34. The summed E-state index contributed by atoms with van der Waals surface area (Å²) in [6, 6.07) is 0.457. The van der Waals surface area contributed by atoms with Crippen molar-refractivity contribution in [2.75, 3.05) is 0 Å². The van der Waals surface area contributed by atoms with Gasteiger partial charge >= 0.3 is 0 Å². The lowest BCUT2D eigenvalue weighted by Gasteiger charge is -2.12. The van der Waals surface area contributed by atoms with Crippen LogP contribution in [0.4, 0.5) is 0 Å². The maximum absolute atomic E-state index is 11.7. The Labute approximate surface area is 84.4 Å². The van der Waals surface area contributed by atoms with Gasteiger partial charge < -0.3 is 11.1 Å². The Morgan fingerprint density at radius 1 is 1.21 bits per heavy atom. The molecule has 3 fully saturated rings. The first-order chi connectivity index (χ1) is 6.65. The standard InChI is InChI=1S/C11H18N2O/c12-11(5-6-11)9(14)13-8-7-10(8)3-1-2-4-10/h8H,1-7,12H2,(H,13,14). The monoisotopic (exact) mass is 194 g/mol. The second-order valence-corrected chi connectivity index (χ2v) is 5.46. The molecule has 0 heterocycles. The Kier molecular flexibility index (Phi) is 1.56. The van der Waals surface area contributed by atoms with Crippen LogP contribution in [0.5, 0.6) is 0 Å². The number of hydrogen-bond donors (Lipinski definition) is 2. The zero-order chi connectivity index (χ0) is 9.81. The van der Waals surface area contributed by atoms with Crippen molar-refractivity contribution in [1.82, 2.24) is 5.32 Å². The maximum atomic E-state index is 11.7. The van der Waals surface area contributed by atoms with Gasteiger partial charge in [0.1, 0.15) is 0 Å². The Morgan fingerprint density at radius 3 is 2.43 bits per heavy atom. The fraction of sp³-hybridized carbons (Fsp3) is 0.909. The molecular weight excluding hydrogens is 176 g/mol. The van der Waals surface area contributed by atoms with Crippen molar-refractivity contribution < 1.29 is 4.79 Å². The molecular formula is C11H18N2O. The van der Waals surface area contributed by atoms with Crippen LogP contribution in [-0.4, -0.2) is 17.5 Å². The largest absolute Gasteiger partial charge is 0.351 e. The van der Waals surface area contributed by atoms with Gasteiger partial charge in [-0.15, -0.1) is 0 Å². The van der Waals surface area contributed by atoms with Crippen molar-refractivity contribution in [3.63, 3.8) is 0 Å². The van der Waals surface area contributed by atoms with E-state index in [0.29, 0.717) is 11.5 Å². The molecule has 3 aliphatic rings. The van der Waals surface area contributed by atoms with Gasteiger partial charge in [-0.2, -0.15) is 0 Å². The zero-order valence-corrected chi connectivity index (χ0v) is 8.51. The molecule has 0 aliphatic heterocycles. The van der Waals surface area contributed by atoms with E-state index < -0.39 is 5.54 Å². The van der Waals surface area contributed by atoms with Crippen LogP contribution >= 0.6 is 0 Å². The van der Waals surface area contributed by atoms with Gasteiger partial charge in [0.05, 0.1) is 5.54 Å². The van der Waals surface area contributed by atoms with Gasteiger partial charge in [0.2, 0.25) is 5.91 Å². The van der Waals surface area contributed by atoms with Gasteiger partial charge in [-0.3, -0.25) is 4.79 Å². The molecule has 0 saturated heterocycles. The Bertz CT molecular complexity index is 277.